The maximum atomic E-state index is 5.85. The summed E-state index contributed by atoms with van der Waals surface area (Å²) in [6.45, 7) is 0. The fraction of sp³-hybridized carbons (Fsp3) is 0. The second kappa shape index (κ2) is 7.56. The summed E-state index contributed by atoms with van der Waals surface area (Å²) in [5, 5.41) is 4.58. The summed E-state index contributed by atoms with van der Waals surface area (Å²) >= 11 is 0. The molecule has 138 valence electrons. The predicted molar refractivity (Wildman–Crippen MR) is 121 cm³/mol. The van der Waals surface area contributed by atoms with Crippen molar-refractivity contribution >= 4 is 45.3 Å². The summed E-state index contributed by atoms with van der Waals surface area (Å²) in [5.41, 5.74) is 1.84. The Morgan fingerprint density at radius 2 is 0.931 bits per heavy atom. The average molecular weight is 374 g/mol. The van der Waals surface area contributed by atoms with E-state index in [1.54, 1.807) is 12.4 Å². The molecule has 5 aromatic rings. The van der Waals surface area contributed by atoms with Crippen LogP contribution >= 0.6 is 0 Å². The molecule has 0 aliphatic carbocycles. The largest absolute Gasteiger partial charge is 0.454 e. The lowest BCUT2D eigenvalue weighted by atomic mass is 10.1. The van der Waals surface area contributed by atoms with Crippen LogP contribution in [0.2, 0.25) is 0 Å². The van der Waals surface area contributed by atoms with Crippen LogP contribution < -0.4 is 0 Å². The van der Waals surface area contributed by atoms with E-state index in [1.807, 2.05) is 60.7 Å². The highest BCUT2D eigenvalue weighted by Crippen LogP contribution is 2.26. The van der Waals surface area contributed by atoms with Gasteiger partial charge in [0.05, 0.1) is 23.8 Å². The van der Waals surface area contributed by atoms with Gasteiger partial charge in [-0.15, -0.1) is 0 Å². The van der Waals surface area contributed by atoms with Crippen molar-refractivity contribution in [3.05, 3.63) is 109 Å². The fourth-order valence-electron chi connectivity index (χ4n) is 3.42. The molecule has 1 heterocycles. The molecule has 0 spiro atoms. The lowest BCUT2D eigenvalue weighted by Crippen LogP contribution is -1.78. The maximum absolute atomic E-state index is 5.85. The summed E-state index contributed by atoms with van der Waals surface area (Å²) < 4.78 is 5.85. The second-order valence-electron chi connectivity index (χ2n) is 6.75. The SMILES string of the molecule is C(=Nc1cccc2ccccc12)c1ccc(C=Nc2cccc3ccccc23)o1. The minimum Gasteiger partial charge on any atom is -0.454 e. The minimum atomic E-state index is 0.692. The molecule has 29 heavy (non-hydrogen) atoms. The number of nitrogens with zero attached hydrogens (tertiary/aromatic N) is 2. The van der Waals surface area contributed by atoms with Crippen LogP contribution in [0.4, 0.5) is 11.4 Å². The van der Waals surface area contributed by atoms with E-state index in [4.69, 9.17) is 4.42 Å². The Kier molecular flexibility index (Phi) is 4.47. The van der Waals surface area contributed by atoms with E-state index in [0.29, 0.717) is 11.5 Å². The minimum absolute atomic E-state index is 0.692. The number of aliphatic imine (C=N–C) groups is 2. The van der Waals surface area contributed by atoms with Crippen LogP contribution in [0.1, 0.15) is 11.5 Å². The van der Waals surface area contributed by atoms with Crippen LogP contribution in [0, 0.1) is 0 Å². The lowest BCUT2D eigenvalue weighted by molar-refractivity contribution is 0.553. The molecule has 0 bridgehead atoms. The zero-order valence-electron chi connectivity index (χ0n) is 15.7. The topological polar surface area (TPSA) is 37.9 Å². The van der Waals surface area contributed by atoms with Crippen molar-refractivity contribution < 1.29 is 4.42 Å². The van der Waals surface area contributed by atoms with E-state index in [9.17, 15) is 0 Å². The van der Waals surface area contributed by atoms with Crippen molar-refractivity contribution in [3.63, 3.8) is 0 Å². The number of furan rings is 1. The van der Waals surface area contributed by atoms with Crippen molar-refractivity contribution in [2.45, 2.75) is 0 Å². The Morgan fingerprint density at radius 3 is 1.45 bits per heavy atom. The first-order valence-electron chi connectivity index (χ1n) is 9.50. The van der Waals surface area contributed by atoms with Crippen LogP contribution in [0.3, 0.4) is 0 Å². The Morgan fingerprint density at radius 1 is 0.483 bits per heavy atom. The van der Waals surface area contributed by atoms with Gasteiger partial charge < -0.3 is 4.42 Å². The maximum Gasteiger partial charge on any atom is 0.145 e. The Balaban J connectivity index is 1.39. The van der Waals surface area contributed by atoms with Gasteiger partial charge in [0.15, 0.2) is 0 Å². The normalized spacial score (nSPS) is 11.9. The van der Waals surface area contributed by atoms with Gasteiger partial charge in [-0.3, -0.25) is 9.98 Å². The number of hydrogen-bond donors (Lipinski definition) is 0. The number of fused-ring (bicyclic) bond motifs is 2. The van der Waals surface area contributed by atoms with Gasteiger partial charge in [-0.05, 0) is 35.0 Å². The van der Waals surface area contributed by atoms with Crippen LogP contribution in [-0.4, -0.2) is 12.4 Å². The van der Waals surface area contributed by atoms with Crippen LogP contribution in [0.5, 0.6) is 0 Å². The zero-order valence-corrected chi connectivity index (χ0v) is 15.7. The number of benzene rings is 4. The molecule has 0 aliphatic rings. The molecule has 0 radical (unpaired) electrons. The van der Waals surface area contributed by atoms with E-state index < -0.39 is 0 Å². The third kappa shape index (κ3) is 3.58. The van der Waals surface area contributed by atoms with E-state index >= 15 is 0 Å². The third-order valence-corrected chi connectivity index (χ3v) is 4.84. The molecule has 0 N–H and O–H groups in total. The first kappa shape index (κ1) is 17.1. The predicted octanol–water partition coefficient (Wildman–Crippen LogP) is 7.09. The molecule has 4 aromatic carbocycles. The second-order valence-corrected chi connectivity index (χ2v) is 6.75. The van der Waals surface area contributed by atoms with Gasteiger partial charge >= 0.3 is 0 Å². The van der Waals surface area contributed by atoms with E-state index in [1.165, 1.54) is 10.8 Å². The molecule has 1 aromatic heterocycles. The van der Waals surface area contributed by atoms with Gasteiger partial charge in [-0.1, -0.05) is 72.8 Å². The van der Waals surface area contributed by atoms with Gasteiger partial charge in [0, 0.05) is 10.8 Å². The highest BCUT2D eigenvalue weighted by molar-refractivity contribution is 5.96. The highest BCUT2D eigenvalue weighted by Gasteiger charge is 2.01. The standard InChI is InChI=1S/C26H18N2O/c1-3-11-23-19(7-1)9-5-13-25(23)27-17-21-15-16-22(29-21)18-28-26-14-6-10-20-8-2-4-12-24(20)26/h1-18H. The van der Waals surface area contributed by atoms with Crippen molar-refractivity contribution in [1.29, 1.82) is 0 Å². The molecular formula is C26H18N2O. The van der Waals surface area contributed by atoms with Crippen molar-refractivity contribution in [2.24, 2.45) is 9.98 Å². The third-order valence-electron chi connectivity index (χ3n) is 4.84. The molecule has 0 saturated carbocycles. The molecule has 0 unspecified atom stereocenters. The molecule has 0 amide bonds. The quantitative estimate of drug-likeness (QED) is 0.309. The summed E-state index contributed by atoms with van der Waals surface area (Å²) in [7, 11) is 0. The monoisotopic (exact) mass is 374 g/mol. The smallest absolute Gasteiger partial charge is 0.145 e. The van der Waals surface area contributed by atoms with Gasteiger partial charge in [0.2, 0.25) is 0 Å². The average Bonchev–Trinajstić information content (AvgIpc) is 3.24. The van der Waals surface area contributed by atoms with Gasteiger partial charge in [-0.25, -0.2) is 0 Å². The summed E-state index contributed by atoms with van der Waals surface area (Å²) in [5.74, 6) is 1.38. The molecular weight excluding hydrogens is 356 g/mol. The van der Waals surface area contributed by atoms with E-state index in [-0.39, 0.29) is 0 Å². The summed E-state index contributed by atoms with van der Waals surface area (Å²) in [6, 6.07) is 32.4. The van der Waals surface area contributed by atoms with Crippen molar-refractivity contribution in [2.75, 3.05) is 0 Å². The van der Waals surface area contributed by atoms with Crippen LogP contribution in [0.25, 0.3) is 21.5 Å². The number of hydrogen-bond acceptors (Lipinski definition) is 3. The molecule has 0 atom stereocenters. The van der Waals surface area contributed by atoms with Gasteiger partial charge in [0.1, 0.15) is 11.5 Å². The van der Waals surface area contributed by atoms with E-state index in [0.717, 1.165) is 22.1 Å². The Labute approximate surface area is 168 Å². The Hall–Kier alpha value is -3.98. The molecule has 0 fully saturated rings. The first-order chi connectivity index (χ1) is 14.4. The molecule has 0 aliphatic heterocycles. The Bertz CT molecular complexity index is 1250. The summed E-state index contributed by atoms with van der Waals surface area (Å²) in [4.78, 5) is 9.23. The van der Waals surface area contributed by atoms with E-state index in [2.05, 4.69) is 46.4 Å². The van der Waals surface area contributed by atoms with Crippen molar-refractivity contribution in [1.82, 2.24) is 0 Å². The first-order valence-corrected chi connectivity index (χ1v) is 9.50. The molecule has 3 nitrogen and oxygen atoms in total. The molecule has 5 rings (SSSR count). The van der Waals surface area contributed by atoms with Gasteiger partial charge in [-0.2, -0.15) is 0 Å². The van der Waals surface area contributed by atoms with Gasteiger partial charge in [0.25, 0.3) is 0 Å². The van der Waals surface area contributed by atoms with Crippen LogP contribution in [-0.2, 0) is 0 Å². The van der Waals surface area contributed by atoms with Crippen molar-refractivity contribution in [3.8, 4) is 0 Å². The highest BCUT2D eigenvalue weighted by atomic mass is 16.3. The van der Waals surface area contributed by atoms with Crippen LogP contribution in [0.15, 0.2) is 111 Å². The molecule has 0 saturated heterocycles. The number of rotatable bonds is 4. The lowest BCUT2D eigenvalue weighted by Gasteiger charge is -2.00. The zero-order chi connectivity index (χ0) is 19.5. The fourth-order valence-corrected chi connectivity index (χ4v) is 3.42. The summed E-state index contributed by atoms with van der Waals surface area (Å²) in [6.07, 6.45) is 3.49. The molecule has 3 heteroatoms.